The van der Waals surface area contributed by atoms with E-state index in [1.165, 1.54) is 13.4 Å². The monoisotopic (exact) mass is 176 g/mol. The minimum absolute atomic E-state index is 0.187. The van der Waals surface area contributed by atoms with Crippen LogP contribution in [0.1, 0.15) is 0 Å². The molecule has 0 atom stereocenters. The zero-order valence-electron chi connectivity index (χ0n) is 7.10. The molecule has 0 spiro atoms. The average Bonchev–Trinajstić information content (AvgIpc) is 2.19. The zero-order chi connectivity index (χ0) is 9.26. The van der Waals surface area contributed by atoms with E-state index in [4.69, 9.17) is 4.84 Å². The smallest absolute Gasteiger partial charge is 0.293 e. The first-order chi connectivity index (χ1) is 6.33. The lowest BCUT2D eigenvalue weighted by atomic mass is 10.2. The van der Waals surface area contributed by atoms with Crippen LogP contribution in [0.4, 0.5) is 0 Å². The quantitative estimate of drug-likeness (QED) is 0.633. The Morgan fingerprint density at radius 3 is 2.92 bits per heavy atom. The lowest BCUT2D eigenvalue weighted by Gasteiger charge is -2.02. The van der Waals surface area contributed by atoms with Crippen LogP contribution in [0.3, 0.4) is 0 Å². The van der Waals surface area contributed by atoms with Crippen molar-refractivity contribution in [2.75, 3.05) is 7.11 Å². The number of fused-ring (bicyclic) bond motifs is 1. The van der Waals surface area contributed by atoms with Gasteiger partial charge in [-0.25, -0.2) is 4.98 Å². The van der Waals surface area contributed by atoms with Crippen molar-refractivity contribution in [1.82, 2.24) is 9.71 Å². The molecule has 13 heavy (non-hydrogen) atoms. The third-order valence-corrected chi connectivity index (χ3v) is 1.83. The summed E-state index contributed by atoms with van der Waals surface area (Å²) >= 11 is 0. The molecule has 1 aromatic heterocycles. The average molecular weight is 176 g/mol. The van der Waals surface area contributed by atoms with Gasteiger partial charge < -0.3 is 4.84 Å². The number of rotatable bonds is 1. The summed E-state index contributed by atoms with van der Waals surface area (Å²) in [5, 5.41) is 0.562. The van der Waals surface area contributed by atoms with E-state index >= 15 is 0 Å². The molecular formula is C9H8N2O2. The molecule has 0 unspecified atom stereocenters. The summed E-state index contributed by atoms with van der Waals surface area (Å²) in [4.78, 5) is 20.4. The SMILES string of the molecule is COn1cnc2ccccc2c1=O. The van der Waals surface area contributed by atoms with Gasteiger partial charge >= 0.3 is 0 Å². The third-order valence-electron chi connectivity index (χ3n) is 1.83. The van der Waals surface area contributed by atoms with Gasteiger partial charge in [0.15, 0.2) is 0 Å². The van der Waals surface area contributed by atoms with Crippen molar-refractivity contribution in [1.29, 1.82) is 0 Å². The van der Waals surface area contributed by atoms with Gasteiger partial charge in [-0.05, 0) is 12.1 Å². The zero-order valence-corrected chi connectivity index (χ0v) is 7.10. The molecule has 0 radical (unpaired) electrons. The van der Waals surface area contributed by atoms with E-state index in [1.807, 2.05) is 6.07 Å². The minimum atomic E-state index is -0.187. The second-order valence-corrected chi connectivity index (χ2v) is 2.58. The van der Waals surface area contributed by atoms with Crippen molar-refractivity contribution in [3.8, 4) is 0 Å². The molecule has 66 valence electrons. The van der Waals surface area contributed by atoms with E-state index in [1.54, 1.807) is 18.2 Å². The number of para-hydroxylation sites is 1. The van der Waals surface area contributed by atoms with Crippen LogP contribution in [0.15, 0.2) is 35.4 Å². The highest BCUT2D eigenvalue weighted by molar-refractivity contribution is 5.76. The molecule has 0 aliphatic carbocycles. The second-order valence-electron chi connectivity index (χ2n) is 2.58. The fourth-order valence-corrected chi connectivity index (χ4v) is 1.18. The standard InChI is InChI=1S/C9H8N2O2/c1-13-11-6-10-8-5-3-2-4-7(8)9(11)12/h2-6H,1H3. The van der Waals surface area contributed by atoms with Crippen LogP contribution in [0.25, 0.3) is 10.9 Å². The van der Waals surface area contributed by atoms with Gasteiger partial charge in [0.25, 0.3) is 5.56 Å². The van der Waals surface area contributed by atoms with Crippen LogP contribution >= 0.6 is 0 Å². The molecule has 0 aliphatic heterocycles. The van der Waals surface area contributed by atoms with E-state index in [0.29, 0.717) is 10.9 Å². The van der Waals surface area contributed by atoms with E-state index in [-0.39, 0.29) is 5.56 Å². The van der Waals surface area contributed by atoms with Crippen LogP contribution < -0.4 is 10.4 Å². The van der Waals surface area contributed by atoms with Gasteiger partial charge in [-0.3, -0.25) is 4.79 Å². The minimum Gasteiger partial charge on any atom is -0.413 e. The molecule has 0 N–H and O–H groups in total. The highest BCUT2D eigenvalue weighted by Gasteiger charge is 2.01. The van der Waals surface area contributed by atoms with Crippen molar-refractivity contribution in [3.05, 3.63) is 40.9 Å². The van der Waals surface area contributed by atoms with E-state index in [2.05, 4.69) is 4.98 Å². The molecule has 4 nitrogen and oxygen atoms in total. The van der Waals surface area contributed by atoms with Crippen LogP contribution in [0, 0.1) is 0 Å². The van der Waals surface area contributed by atoms with Crippen molar-refractivity contribution >= 4 is 10.9 Å². The van der Waals surface area contributed by atoms with Gasteiger partial charge in [0.1, 0.15) is 13.4 Å². The summed E-state index contributed by atoms with van der Waals surface area (Å²) in [7, 11) is 1.43. The summed E-state index contributed by atoms with van der Waals surface area (Å²) < 4.78 is 1.10. The molecule has 1 heterocycles. The van der Waals surface area contributed by atoms with Gasteiger partial charge in [-0.1, -0.05) is 12.1 Å². The highest BCUT2D eigenvalue weighted by Crippen LogP contribution is 2.03. The second kappa shape index (κ2) is 2.90. The number of hydrogen-bond donors (Lipinski definition) is 0. The lowest BCUT2D eigenvalue weighted by molar-refractivity contribution is 0.155. The van der Waals surface area contributed by atoms with E-state index < -0.39 is 0 Å². The summed E-state index contributed by atoms with van der Waals surface area (Å²) in [5.41, 5.74) is 0.494. The van der Waals surface area contributed by atoms with Crippen molar-refractivity contribution in [3.63, 3.8) is 0 Å². The molecule has 2 rings (SSSR count). The van der Waals surface area contributed by atoms with E-state index in [0.717, 1.165) is 4.73 Å². The molecule has 0 bridgehead atoms. The fourth-order valence-electron chi connectivity index (χ4n) is 1.18. The molecule has 4 heteroatoms. The first-order valence-electron chi connectivity index (χ1n) is 3.84. The number of nitrogens with zero attached hydrogens (tertiary/aromatic N) is 2. The normalized spacial score (nSPS) is 10.2. The van der Waals surface area contributed by atoms with Gasteiger partial charge in [0.2, 0.25) is 0 Å². The van der Waals surface area contributed by atoms with Crippen LogP contribution in [-0.2, 0) is 0 Å². The maximum atomic E-state index is 11.6. The number of aromatic nitrogens is 2. The summed E-state index contributed by atoms with van der Waals surface area (Å²) in [5.74, 6) is 0. The maximum absolute atomic E-state index is 11.6. The Morgan fingerprint density at radius 1 is 1.38 bits per heavy atom. The summed E-state index contributed by atoms with van der Waals surface area (Å²) in [6.45, 7) is 0. The molecule has 0 amide bonds. The van der Waals surface area contributed by atoms with Crippen LogP contribution in [0.5, 0.6) is 0 Å². The highest BCUT2D eigenvalue weighted by atomic mass is 16.6. The van der Waals surface area contributed by atoms with Gasteiger partial charge in [0, 0.05) is 0 Å². The van der Waals surface area contributed by atoms with Gasteiger partial charge in [0.05, 0.1) is 10.9 Å². The molecule has 1 aromatic carbocycles. The van der Waals surface area contributed by atoms with Gasteiger partial charge in [-0.2, -0.15) is 0 Å². The first kappa shape index (κ1) is 7.79. The fraction of sp³-hybridized carbons (Fsp3) is 0.111. The molecular weight excluding hydrogens is 168 g/mol. The molecule has 2 aromatic rings. The lowest BCUT2D eigenvalue weighted by Crippen LogP contribution is -2.24. The Kier molecular flexibility index (Phi) is 1.73. The Balaban J connectivity index is 2.87. The third kappa shape index (κ3) is 1.16. The topological polar surface area (TPSA) is 44.1 Å². The largest absolute Gasteiger partial charge is 0.413 e. The summed E-state index contributed by atoms with van der Waals surface area (Å²) in [6.07, 6.45) is 1.37. The van der Waals surface area contributed by atoms with Crippen molar-refractivity contribution < 1.29 is 4.84 Å². The molecule has 0 fully saturated rings. The van der Waals surface area contributed by atoms with Crippen molar-refractivity contribution in [2.24, 2.45) is 0 Å². The Bertz CT molecular complexity index is 490. The van der Waals surface area contributed by atoms with Crippen molar-refractivity contribution in [2.45, 2.75) is 0 Å². The van der Waals surface area contributed by atoms with Crippen LogP contribution in [-0.4, -0.2) is 16.8 Å². The summed E-state index contributed by atoms with van der Waals surface area (Å²) in [6, 6.07) is 7.15. The predicted octanol–water partition coefficient (Wildman–Crippen LogP) is 0.455. The molecule has 0 saturated carbocycles. The Morgan fingerprint density at radius 2 is 2.15 bits per heavy atom. The van der Waals surface area contributed by atoms with E-state index in [9.17, 15) is 4.79 Å². The predicted molar refractivity (Wildman–Crippen MR) is 48.5 cm³/mol. The molecule has 0 aliphatic rings. The number of benzene rings is 1. The molecule has 0 saturated heterocycles. The van der Waals surface area contributed by atoms with Crippen LogP contribution in [0.2, 0.25) is 0 Å². The first-order valence-corrected chi connectivity index (χ1v) is 3.84. The number of hydrogen-bond acceptors (Lipinski definition) is 3. The Hall–Kier alpha value is -1.84. The maximum Gasteiger partial charge on any atom is 0.293 e. The van der Waals surface area contributed by atoms with Gasteiger partial charge in [-0.15, -0.1) is 4.73 Å². The Labute approximate surface area is 74.4 Å².